The van der Waals surface area contributed by atoms with Crippen molar-refractivity contribution in [2.24, 2.45) is 0 Å². The average molecular weight is 305 g/mol. The molecule has 0 saturated carbocycles. The second-order valence-corrected chi connectivity index (χ2v) is 5.74. The quantitative estimate of drug-likeness (QED) is 0.880. The Morgan fingerprint density at radius 3 is 2.94 bits per heavy atom. The lowest BCUT2D eigenvalue weighted by molar-refractivity contribution is 0.0169. The highest BCUT2D eigenvalue weighted by molar-refractivity contribution is 9.10. The van der Waals surface area contributed by atoms with Crippen molar-refractivity contribution in [1.82, 2.24) is 5.32 Å². The van der Waals surface area contributed by atoms with E-state index in [1.807, 2.05) is 18.2 Å². The van der Waals surface area contributed by atoms with E-state index in [1.54, 1.807) is 0 Å². The number of β-amino-alcohol motifs (C(OH)–C–C–N with tert-alkyl or cyclic N) is 1. The number of hydrogen-bond acceptors (Lipinski definition) is 2. The van der Waals surface area contributed by atoms with Crippen LogP contribution in [0, 0.1) is 0 Å². The fraction of sp³-hybridized carbons (Fsp3) is 0.500. The van der Waals surface area contributed by atoms with Gasteiger partial charge in [-0.25, -0.2) is 0 Å². The van der Waals surface area contributed by atoms with Crippen molar-refractivity contribution < 1.29 is 5.11 Å². The molecule has 0 spiro atoms. The molecule has 2 rings (SSSR count). The van der Waals surface area contributed by atoms with Crippen LogP contribution in [0.5, 0.6) is 0 Å². The van der Waals surface area contributed by atoms with E-state index in [2.05, 4.69) is 21.2 Å². The maximum atomic E-state index is 10.4. The van der Waals surface area contributed by atoms with Crippen LogP contribution in [0.3, 0.4) is 0 Å². The van der Waals surface area contributed by atoms with Crippen molar-refractivity contribution in [2.75, 3.05) is 13.1 Å². The van der Waals surface area contributed by atoms with E-state index in [0.717, 1.165) is 29.4 Å². The molecule has 1 saturated heterocycles. The lowest BCUT2D eigenvalue weighted by Crippen LogP contribution is -2.47. The number of benzene rings is 1. The minimum absolute atomic E-state index is 0.617. The highest BCUT2D eigenvalue weighted by atomic mass is 79.9. The summed E-state index contributed by atoms with van der Waals surface area (Å²) < 4.78 is 0.968. The van der Waals surface area contributed by atoms with Crippen LogP contribution in [0.4, 0.5) is 0 Å². The van der Waals surface area contributed by atoms with E-state index in [1.165, 1.54) is 0 Å². The van der Waals surface area contributed by atoms with Gasteiger partial charge >= 0.3 is 0 Å². The molecule has 1 unspecified atom stereocenters. The zero-order chi connectivity index (χ0) is 11.6. The van der Waals surface area contributed by atoms with Gasteiger partial charge in [0.15, 0.2) is 0 Å². The van der Waals surface area contributed by atoms with E-state index in [0.29, 0.717) is 18.0 Å². The lowest BCUT2D eigenvalue weighted by Gasteiger charge is -2.33. The molecule has 0 bridgehead atoms. The summed E-state index contributed by atoms with van der Waals surface area (Å²) in [7, 11) is 0. The Morgan fingerprint density at radius 2 is 2.31 bits per heavy atom. The van der Waals surface area contributed by atoms with Crippen LogP contribution < -0.4 is 5.32 Å². The summed E-state index contributed by atoms with van der Waals surface area (Å²) in [6.07, 6.45) is 2.48. The van der Waals surface area contributed by atoms with E-state index < -0.39 is 5.60 Å². The standard InChI is InChI=1S/C12H15BrClNO/c13-10-3-2-9(11(14)6-10)7-12(16)4-1-5-15-8-12/h2-3,6,15-16H,1,4-5,7-8H2. The number of aliphatic hydroxyl groups is 1. The van der Waals surface area contributed by atoms with Crippen LogP contribution in [0.15, 0.2) is 22.7 Å². The van der Waals surface area contributed by atoms with Crippen LogP contribution in [-0.4, -0.2) is 23.8 Å². The Bertz CT molecular complexity index is 377. The molecule has 0 amide bonds. The first-order valence-corrected chi connectivity index (χ1v) is 6.63. The molecule has 4 heteroatoms. The molecule has 1 atom stereocenters. The molecule has 1 fully saturated rings. The van der Waals surface area contributed by atoms with E-state index in [-0.39, 0.29) is 0 Å². The summed E-state index contributed by atoms with van der Waals surface area (Å²) in [6, 6.07) is 5.80. The Morgan fingerprint density at radius 1 is 1.50 bits per heavy atom. The van der Waals surface area contributed by atoms with Gasteiger partial charge in [-0.3, -0.25) is 0 Å². The van der Waals surface area contributed by atoms with Gasteiger partial charge in [-0.05, 0) is 37.1 Å². The second kappa shape index (κ2) is 5.05. The van der Waals surface area contributed by atoms with Gasteiger partial charge in [0.1, 0.15) is 0 Å². The van der Waals surface area contributed by atoms with E-state index in [4.69, 9.17) is 11.6 Å². The maximum absolute atomic E-state index is 10.4. The third-order valence-electron chi connectivity index (χ3n) is 2.98. The van der Waals surface area contributed by atoms with Gasteiger partial charge in [0.25, 0.3) is 0 Å². The molecule has 0 radical (unpaired) electrons. The lowest BCUT2D eigenvalue weighted by atomic mass is 9.87. The number of nitrogens with one attached hydrogen (secondary N) is 1. The molecule has 2 N–H and O–H groups in total. The summed E-state index contributed by atoms with van der Waals surface area (Å²) in [4.78, 5) is 0. The monoisotopic (exact) mass is 303 g/mol. The molecule has 16 heavy (non-hydrogen) atoms. The van der Waals surface area contributed by atoms with Crippen molar-refractivity contribution in [3.05, 3.63) is 33.3 Å². The Balaban J connectivity index is 2.13. The third-order valence-corrected chi connectivity index (χ3v) is 3.83. The summed E-state index contributed by atoms with van der Waals surface area (Å²) >= 11 is 9.52. The molecule has 1 aliphatic rings. The summed E-state index contributed by atoms with van der Waals surface area (Å²) in [5.74, 6) is 0. The molecule has 1 aromatic carbocycles. The van der Waals surface area contributed by atoms with Gasteiger partial charge in [-0.15, -0.1) is 0 Å². The number of piperidine rings is 1. The topological polar surface area (TPSA) is 32.3 Å². The van der Waals surface area contributed by atoms with Gasteiger partial charge in [-0.1, -0.05) is 33.6 Å². The van der Waals surface area contributed by atoms with Gasteiger partial charge < -0.3 is 10.4 Å². The fourth-order valence-electron chi connectivity index (χ4n) is 2.12. The Kier molecular flexibility index (Phi) is 3.90. The molecule has 2 nitrogen and oxygen atoms in total. The second-order valence-electron chi connectivity index (χ2n) is 4.42. The van der Waals surface area contributed by atoms with Gasteiger partial charge in [0.2, 0.25) is 0 Å². The maximum Gasteiger partial charge on any atom is 0.0812 e. The van der Waals surface area contributed by atoms with Crippen LogP contribution in [0.2, 0.25) is 5.02 Å². The first kappa shape index (κ1) is 12.4. The first-order valence-electron chi connectivity index (χ1n) is 5.46. The van der Waals surface area contributed by atoms with E-state index in [9.17, 15) is 5.11 Å². The normalized spacial score (nSPS) is 25.7. The van der Waals surface area contributed by atoms with Gasteiger partial charge in [0.05, 0.1) is 5.60 Å². The van der Waals surface area contributed by atoms with Crippen LogP contribution >= 0.6 is 27.5 Å². The van der Waals surface area contributed by atoms with Crippen molar-refractivity contribution in [1.29, 1.82) is 0 Å². The minimum Gasteiger partial charge on any atom is -0.388 e. The number of halogens is 2. The van der Waals surface area contributed by atoms with Crippen molar-refractivity contribution in [3.63, 3.8) is 0 Å². The summed E-state index contributed by atoms with van der Waals surface area (Å²) in [5, 5.41) is 14.3. The number of rotatable bonds is 2. The highest BCUT2D eigenvalue weighted by Crippen LogP contribution is 2.27. The molecule has 1 aromatic rings. The first-order chi connectivity index (χ1) is 7.59. The highest BCUT2D eigenvalue weighted by Gasteiger charge is 2.29. The van der Waals surface area contributed by atoms with Crippen LogP contribution in [-0.2, 0) is 6.42 Å². The molecule has 1 aliphatic heterocycles. The van der Waals surface area contributed by atoms with Gasteiger partial charge in [-0.2, -0.15) is 0 Å². The number of hydrogen-bond donors (Lipinski definition) is 2. The smallest absolute Gasteiger partial charge is 0.0812 e. The Hall–Kier alpha value is -0.0900. The van der Waals surface area contributed by atoms with Crippen molar-refractivity contribution in [3.8, 4) is 0 Å². The molecule has 0 aromatic heterocycles. The molecule has 0 aliphatic carbocycles. The van der Waals surface area contributed by atoms with E-state index >= 15 is 0 Å². The SMILES string of the molecule is OC1(Cc2ccc(Br)cc2Cl)CCCNC1. The van der Waals surface area contributed by atoms with Crippen molar-refractivity contribution >= 4 is 27.5 Å². The largest absolute Gasteiger partial charge is 0.388 e. The van der Waals surface area contributed by atoms with Gasteiger partial charge in [0, 0.05) is 22.5 Å². The minimum atomic E-state index is -0.643. The van der Waals surface area contributed by atoms with Crippen LogP contribution in [0.25, 0.3) is 0 Å². The predicted octanol–water partition coefficient (Wildman–Crippen LogP) is 2.76. The summed E-state index contributed by atoms with van der Waals surface area (Å²) in [5.41, 5.74) is 0.367. The fourth-order valence-corrected chi connectivity index (χ4v) is 2.86. The summed E-state index contributed by atoms with van der Waals surface area (Å²) in [6.45, 7) is 1.65. The zero-order valence-electron chi connectivity index (χ0n) is 8.97. The third kappa shape index (κ3) is 2.98. The van der Waals surface area contributed by atoms with Crippen LogP contribution in [0.1, 0.15) is 18.4 Å². The molecule has 88 valence electrons. The zero-order valence-corrected chi connectivity index (χ0v) is 11.3. The van der Waals surface area contributed by atoms with Crippen molar-refractivity contribution in [2.45, 2.75) is 24.9 Å². The molecular weight excluding hydrogens is 289 g/mol. The predicted molar refractivity (Wildman–Crippen MR) is 69.9 cm³/mol. The average Bonchev–Trinajstić information content (AvgIpc) is 2.23. The molecule has 1 heterocycles. The molecular formula is C12H15BrClNO. The Labute approximate surface area is 109 Å².